The molecule has 41 heavy (non-hydrogen) atoms. The van der Waals surface area contributed by atoms with Crippen molar-refractivity contribution in [1.29, 1.82) is 0 Å². The number of fused-ring (bicyclic) bond motifs is 4. The van der Waals surface area contributed by atoms with E-state index in [1.165, 1.54) is 11.5 Å². The first-order chi connectivity index (χ1) is 18.9. The number of aliphatic imine (C=N–C) groups is 1. The molecule has 6 nitrogen and oxygen atoms in total. The molecule has 1 N–H and O–H groups in total. The van der Waals surface area contributed by atoms with E-state index >= 15 is 0 Å². The van der Waals surface area contributed by atoms with Gasteiger partial charge in [-0.1, -0.05) is 34.6 Å². The van der Waals surface area contributed by atoms with E-state index in [1.54, 1.807) is 11.9 Å². The largest absolute Gasteiger partial charge is 0.444 e. The molecule has 5 aliphatic carbocycles. The van der Waals surface area contributed by atoms with Gasteiger partial charge in [-0.15, -0.1) is 11.8 Å². The van der Waals surface area contributed by atoms with Gasteiger partial charge < -0.3 is 14.7 Å². The molecule has 7 heteroatoms. The Bertz CT molecular complexity index is 1180. The van der Waals surface area contributed by atoms with Crippen LogP contribution in [0, 0.1) is 50.7 Å². The summed E-state index contributed by atoms with van der Waals surface area (Å²) >= 11 is 1.97. The molecule has 0 saturated heterocycles. The number of hydrogen-bond acceptors (Lipinski definition) is 6. The summed E-state index contributed by atoms with van der Waals surface area (Å²) in [4.78, 5) is 34.7. The van der Waals surface area contributed by atoms with Crippen LogP contribution in [0.2, 0.25) is 0 Å². The quantitative estimate of drug-likeness (QED) is 0.386. The van der Waals surface area contributed by atoms with Crippen molar-refractivity contribution in [3.05, 3.63) is 0 Å². The highest BCUT2D eigenvalue weighted by atomic mass is 32.2. The Labute approximate surface area is 252 Å². The SMILES string of the molecule is CC(C)C1=N[C@H]2CC[C@]34C[C@@]35C(=O)C[C@]3(C)[C@@H]([C@H](C)N(C)C(=O)OC(C)(C)C)[C@H](O)C[C@@]3(C)[C@@H]5CC[C@H]4[C@]2(C)CS1. The lowest BCUT2D eigenvalue weighted by molar-refractivity contribution is -0.168. The van der Waals surface area contributed by atoms with Gasteiger partial charge >= 0.3 is 6.09 Å². The zero-order valence-corrected chi connectivity index (χ0v) is 28.0. The number of aliphatic hydroxyl groups excluding tert-OH is 1. The molecule has 0 unspecified atom stereocenters. The Kier molecular flexibility index (Phi) is 6.57. The molecule has 0 aromatic rings. The van der Waals surface area contributed by atoms with Crippen molar-refractivity contribution in [3.63, 3.8) is 0 Å². The first-order valence-corrected chi connectivity index (χ1v) is 17.2. The summed E-state index contributed by atoms with van der Waals surface area (Å²) in [7, 11) is 1.78. The van der Waals surface area contributed by atoms with Gasteiger partial charge in [0.05, 0.1) is 17.2 Å². The van der Waals surface area contributed by atoms with E-state index in [4.69, 9.17) is 9.73 Å². The van der Waals surface area contributed by atoms with Gasteiger partial charge in [-0.05, 0) is 94.3 Å². The summed E-state index contributed by atoms with van der Waals surface area (Å²) in [6, 6.07) is 0.145. The zero-order valence-electron chi connectivity index (χ0n) is 27.2. The number of aliphatic hydroxyl groups is 1. The topological polar surface area (TPSA) is 79.2 Å². The van der Waals surface area contributed by atoms with Crippen molar-refractivity contribution in [2.45, 2.75) is 131 Å². The standard InChI is InChI=1S/C34H54N2O4S/c1-19(2)27-35-24-13-14-33-17-34(33)23(12-11-22(33)30(24,7)18-41-27)31(8)15-21(37)26(32(31,9)16-25(34)38)20(3)36(10)28(39)40-29(4,5)6/h19-24,26,37H,11-18H2,1-10H3/t20-,21+,22-,23-,24-,26-,30-,31-,32+,33+,34+/m0/s1. The molecule has 5 saturated carbocycles. The maximum absolute atomic E-state index is 14.7. The van der Waals surface area contributed by atoms with E-state index in [0.29, 0.717) is 42.4 Å². The molecular weight excluding hydrogens is 532 g/mol. The molecule has 1 aliphatic heterocycles. The van der Waals surface area contributed by atoms with Gasteiger partial charge in [-0.3, -0.25) is 9.79 Å². The Morgan fingerprint density at radius 1 is 1.10 bits per heavy atom. The molecule has 0 aromatic heterocycles. The second kappa shape index (κ2) is 8.99. The fourth-order valence-corrected chi connectivity index (χ4v) is 13.1. The first kappa shape index (κ1) is 30.0. The Hall–Kier alpha value is -1.08. The lowest BCUT2D eigenvalue weighted by Crippen LogP contribution is -2.62. The normalized spacial score (nSPS) is 49.1. The number of amides is 1. The number of Topliss-reactive ketones (excluding diaryl/α,β-unsaturated/α-hetero) is 1. The van der Waals surface area contributed by atoms with Crippen LogP contribution >= 0.6 is 11.8 Å². The van der Waals surface area contributed by atoms with E-state index in [1.807, 2.05) is 39.5 Å². The van der Waals surface area contributed by atoms with Crippen LogP contribution in [0.3, 0.4) is 0 Å². The Morgan fingerprint density at radius 3 is 2.39 bits per heavy atom. The van der Waals surface area contributed by atoms with E-state index in [9.17, 15) is 14.7 Å². The summed E-state index contributed by atoms with van der Waals surface area (Å²) in [5.74, 6) is 2.73. The van der Waals surface area contributed by atoms with Crippen LogP contribution in [0.4, 0.5) is 4.79 Å². The average molecular weight is 587 g/mol. The highest BCUT2D eigenvalue weighted by Crippen LogP contribution is 2.88. The summed E-state index contributed by atoms with van der Waals surface area (Å²) in [5.41, 5.74) is -1.08. The lowest BCUT2D eigenvalue weighted by atomic mass is 9.41. The average Bonchev–Trinajstić information content (AvgIpc) is 3.50. The van der Waals surface area contributed by atoms with E-state index in [-0.39, 0.29) is 45.1 Å². The molecule has 0 bridgehead atoms. The van der Waals surface area contributed by atoms with Gasteiger partial charge in [0.25, 0.3) is 0 Å². The highest BCUT2D eigenvalue weighted by Gasteiger charge is 2.86. The van der Waals surface area contributed by atoms with Crippen molar-refractivity contribution in [1.82, 2.24) is 4.90 Å². The zero-order chi connectivity index (χ0) is 30.1. The molecular formula is C34H54N2O4S. The molecule has 6 rings (SSSR count). The predicted molar refractivity (Wildman–Crippen MR) is 165 cm³/mol. The maximum Gasteiger partial charge on any atom is 0.410 e. The first-order valence-electron chi connectivity index (χ1n) is 16.3. The van der Waals surface area contributed by atoms with Gasteiger partial charge in [0, 0.05) is 47.9 Å². The fraction of sp³-hybridized carbons (Fsp3) is 0.912. The Balaban J connectivity index is 1.31. The van der Waals surface area contributed by atoms with Crippen LogP contribution in [-0.4, -0.2) is 63.5 Å². The second-order valence-electron chi connectivity index (χ2n) is 17.0. The minimum Gasteiger partial charge on any atom is -0.444 e. The van der Waals surface area contributed by atoms with E-state index in [0.717, 1.165) is 31.4 Å². The lowest BCUT2D eigenvalue weighted by Gasteiger charge is -2.63. The fourth-order valence-electron chi connectivity index (χ4n) is 11.7. The van der Waals surface area contributed by atoms with Crippen molar-refractivity contribution >= 4 is 28.7 Å². The van der Waals surface area contributed by atoms with Crippen LogP contribution in [0.15, 0.2) is 4.99 Å². The molecule has 6 aliphatic rings. The summed E-state index contributed by atoms with van der Waals surface area (Å²) < 4.78 is 5.70. The molecule has 2 spiro atoms. The highest BCUT2D eigenvalue weighted by molar-refractivity contribution is 8.14. The van der Waals surface area contributed by atoms with Crippen LogP contribution in [-0.2, 0) is 9.53 Å². The number of thioether (sulfide) groups is 1. The number of carbonyl (C=O) groups excluding carboxylic acids is 2. The number of rotatable bonds is 3. The number of carbonyl (C=O) groups is 2. The summed E-state index contributed by atoms with van der Waals surface area (Å²) in [6.45, 7) is 19.3. The van der Waals surface area contributed by atoms with Gasteiger partial charge in [0.1, 0.15) is 11.4 Å². The molecule has 0 radical (unpaired) electrons. The molecule has 1 amide bonds. The third-order valence-electron chi connectivity index (χ3n) is 13.8. The van der Waals surface area contributed by atoms with Crippen LogP contribution in [0.5, 0.6) is 0 Å². The van der Waals surface area contributed by atoms with Crippen LogP contribution in [0.25, 0.3) is 0 Å². The maximum atomic E-state index is 14.7. The predicted octanol–water partition coefficient (Wildman–Crippen LogP) is 6.98. The molecule has 0 aromatic carbocycles. The molecule has 230 valence electrons. The molecule has 1 heterocycles. The summed E-state index contributed by atoms with van der Waals surface area (Å²) in [6.07, 6.45) is 5.79. The van der Waals surface area contributed by atoms with Crippen molar-refractivity contribution < 1.29 is 19.4 Å². The number of hydrogen-bond donors (Lipinski definition) is 1. The minimum atomic E-state index is -0.585. The van der Waals surface area contributed by atoms with Crippen molar-refractivity contribution in [3.8, 4) is 0 Å². The third kappa shape index (κ3) is 3.75. The van der Waals surface area contributed by atoms with E-state index < -0.39 is 11.7 Å². The minimum absolute atomic E-state index is 0.107. The van der Waals surface area contributed by atoms with Gasteiger partial charge in [0.2, 0.25) is 0 Å². The summed E-state index contributed by atoms with van der Waals surface area (Å²) in [5, 5.41) is 13.1. The number of ether oxygens (including phenoxy) is 1. The molecule has 5 fully saturated rings. The van der Waals surface area contributed by atoms with Crippen molar-refractivity contribution in [2.24, 2.45) is 55.7 Å². The Morgan fingerprint density at radius 2 is 1.76 bits per heavy atom. The van der Waals surface area contributed by atoms with Gasteiger partial charge in [0.15, 0.2) is 0 Å². The van der Waals surface area contributed by atoms with Crippen molar-refractivity contribution in [2.75, 3.05) is 12.8 Å². The number of ketones is 1. The monoisotopic (exact) mass is 586 g/mol. The van der Waals surface area contributed by atoms with Gasteiger partial charge in [-0.25, -0.2) is 4.79 Å². The van der Waals surface area contributed by atoms with E-state index in [2.05, 4.69) is 34.6 Å². The molecule has 11 atom stereocenters. The number of nitrogens with zero attached hydrogens (tertiary/aromatic N) is 2. The smallest absolute Gasteiger partial charge is 0.410 e. The van der Waals surface area contributed by atoms with Crippen LogP contribution in [0.1, 0.15) is 107 Å². The third-order valence-corrected chi connectivity index (χ3v) is 15.4. The van der Waals surface area contributed by atoms with Crippen LogP contribution < -0.4 is 0 Å². The van der Waals surface area contributed by atoms with Gasteiger partial charge in [-0.2, -0.15) is 0 Å². The second-order valence-corrected chi connectivity index (χ2v) is 18.0.